The number of halogens is 3. The first-order valence-electron chi connectivity index (χ1n) is 6.10. The third-order valence-electron chi connectivity index (χ3n) is 3.18. The molecule has 3 nitrogen and oxygen atoms in total. The van der Waals surface area contributed by atoms with Crippen LogP contribution in [0.5, 0.6) is 0 Å². The lowest BCUT2D eigenvalue weighted by Gasteiger charge is -2.34. The molecule has 6 heteroatoms. The number of aliphatic hydroxyl groups excluding tert-OH is 1. The number of rotatable bonds is 5. The molecule has 1 heterocycles. The molecule has 102 valence electrons. The second kappa shape index (κ2) is 6.56. The molecular weight excluding hydrogens is 233 g/mol. The molecule has 1 fully saturated rings. The van der Waals surface area contributed by atoms with E-state index in [1.807, 2.05) is 6.92 Å². The Morgan fingerprint density at radius 2 is 1.94 bits per heavy atom. The van der Waals surface area contributed by atoms with E-state index in [4.69, 9.17) is 5.11 Å². The van der Waals surface area contributed by atoms with Gasteiger partial charge in [0.25, 0.3) is 0 Å². The molecule has 0 saturated carbocycles. The molecule has 0 aliphatic carbocycles. The minimum absolute atomic E-state index is 0.0640. The van der Waals surface area contributed by atoms with Crippen LogP contribution in [0.3, 0.4) is 0 Å². The van der Waals surface area contributed by atoms with E-state index < -0.39 is 12.7 Å². The van der Waals surface area contributed by atoms with Crippen molar-refractivity contribution in [1.82, 2.24) is 10.2 Å². The lowest BCUT2D eigenvalue weighted by Crippen LogP contribution is -2.48. The summed E-state index contributed by atoms with van der Waals surface area (Å²) in [6.07, 6.45) is -1.84. The van der Waals surface area contributed by atoms with Crippen molar-refractivity contribution in [2.24, 2.45) is 0 Å². The summed E-state index contributed by atoms with van der Waals surface area (Å²) in [4.78, 5) is 1.44. The van der Waals surface area contributed by atoms with Gasteiger partial charge in [0.1, 0.15) is 0 Å². The van der Waals surface area contributed by atoms with E-state index in [2.05, 4.69) is 5.32 Å². The van der Waals surface area contributed by atoms with E-state index >= 15 is 0 Å². The Morgan fingerprint density at radius 1 is 1.35 bits per heavy atom. The topological polar surface area (TPSA) is 35.5 Å². The third-order valence-corrected chi connectivity index (χ3v) is 3.18. The van der Waals surface area contributed by atoms with Crippen molar-refractivity contribution >= 4 is 0 Å². The molecule has 0 aromatic rings. The summed E-state index contributed by atoms with van der Waals surface area (Å²) in [5, 5.41) is 12.3. The predicted octanol–water partition coefficient (Wildman–Crippen LogP) is 1.37. The molecule has 1 aliphatic heterocycles. The number of nitrogens with one attached hydrogen (secondary N) is 1. The van der Waals surface area contributed by atoms with Gasteiger partial charge in [-0.05, 0) is 32.4 Å². The average Bonchev–Trinajstić information content (AvgIpc) is 2.26. The minimum Gasteiger partial charge on any atom is -0.395 e. The van der Waals surface area contributed by atoms with Crippen LogP contribution >= 0.6 is 0 Å². The number of hydrogen-bond donors (Lipinski definition) is 2. The van der Waals surface area contributed by atoms with Gasteiger partial charge in [-0.2, -0.15) is 13.2 Å². The number of piperidine rings is 1. The Kier molecular flexibility index (Phi) is 5.69. The second-order valence-electron chi connectivity index (χ2n) is 4.62. The van der Waals surface area contributed by atoms with E-state index in [1.165, 1.54) is 4.90 Å². The zero-order valence-electron chi connectivity index (χ0n) is 10.1. The third kappa shape index (κ3) is 5.70. The fourth-order valence-corrected chi connectivity index (χ4v) is 2.14. The van der Waals surface area contributed by atoms with Crippen LogP contribution in [0, 0.1) is 0 Å². The monoisotopic (exact) mass is 254 g/mol. The lowest BCUT2D eigenvalue weighted by atomic mass is 10.0. The molecule has 1 atom stereocenters. The van der Waals surface area contributed by atoms with Gasteiger partial charge >= 0.3 is 6.18 Å². The van der Waals surface area contributed by atoms with Gasteiger partial charge in [0, 0.05) is 12.1 Å². The summed E-state index contributed by atoms with van der Waals surface area (Å²) in [6, 6.07) is 0.297. The van der Waals surface area contributed by atoms with E-state index in [9.17, 15) is 13.2 Å². The van der Waals surface area contributed by atoms with E-state index in [0.717, 1.165) is 6.42 Å². The quantitative estimate of drug-likeness (QED) is 0.778. The van der Waals surface area contributed by atoms with Crippen molar-refractivity contribution in [2.75, 3.05) is 26.2 Å². The van der Waals surface area contributed by atoms with E-state index in [0.29, 0.717) is 25.9 Å². The molecular formula is C11H21F3N2O. The van der Waals surface area contributed by atoms with Crippen LogP contribution in [0.15, 0.2) is 0 Å². The van der Waals surface area contributed by atoms with Crippen LogP contribution in [0.25, 0.3) is 0 Å². The van der Waals surface area contributed by atoms with Crippen molar-refractivity contribution in [1.29, 1.82) is 0 Å². The molecule has 1 aliphatic rings. The van der Waals surface area contributed by atoms with Crippen LogP contribution < -0.4 is 5.32 Å². The Hall–Kier alpha value is -0.330. The fourth-order valence-electron chi connectivity index (χ4n) is 2.14. The standard InChI is InChI=1S/C11H21F3N2O/c1-2-9(7-17)15-10-3-5-16(6-4-10)8-11(12,13)14/h9-10,15,17H,2-8H2,1H3. The number of nitrogens with zero attached hydrogens (tertiary/aromatic N) is 1. The molecule has 1 saturated heterocycles. The Bertz CT molecular complexity index is 211. The second-order valence-corrected chi connectivity index (χ2v) is 4.62. The first kappa shape index (κ1) is 14.7. The molecule has 2 N–H and O–H groups in total. The van der Waals surface area contributed by atoms with Crippen LogP contribution in [-0.4, -0.2) is 54.5 Å². The summed E-state index contributed by atoms with van der Waals surface area (Å²) in [5.74, 6) is 0. The molecule has 0 bridgehead atoms. The van der Waals surface area contributed by atoms with Crippen molar-refractivity contribution in [3.63, 3.8) is 0 Å². The summed E-state index contributed by atoms with van der Waals surface area (Å²) in [7, 11) is 0. The van der Waals surface area contributed by atoms with Crippen LogP contribution in [0.1, 0.15) is 26.2 Å². The number of likely N-dealkylation sites (tertiary alicyclic amines) is 1. The molecule has 0 spiro atoms. The summed E-state index contributed by atoms with van der Waals surface area (Å²) in [6.45, 7) is 2.20. The zero-order valence-corrected chi connectivity index (χ0v) is 10.1. The molecule has 0 aromatic heterocycles. The highest BCUT2D eigenvalue weighted by molar-refractivity contribution is 4.80. The smallest absolute Gasteiger partial charge is 0.395 e. The highest BCUT2D eigenvalue weighted by atomic mass is 19.4. The van der Waals surface area contributed by atoms with Crippen LogP contribution in [0.2, 0.25) is 0 Å². The first-order valence-corrected chi connectivity index (χ1v) is 6.10. The van der Waals surface area contributed by atoms with Crippen molar-refractivity contribution in [3.8, 4) is 0 Å². The summed E-state index contributed by atoms with van der Waals surface area (Å²) < 4.78 is 36.5. The average molecular weight is 254 g/mol. The van der Waals surface area contributed by atoms with Gasteiger partial charge in [0.05, 0.1) is 13.2 Å². The summed E-state index contributed by atoms with van der Waals surface area (Å²) >= 11 is 0. The molecule has 0 radical (unpaired) electrons. The highest BCUT2D eigenvalue weighted by Gasteiger charge is 2.32. The van der Waals surface area contributed by atoms with E-state index in [1.54, 1.807) is 0 Å². The first-order chi connectivity index (χ1) is 7.94. The van der Waals surface area contributed by atoms with Gasteiger partial charge < -0.3 is 10.4 Å². The largest absolute Gasteiger partial charge is 0.401 e. The maximum absolute atomic E-state index is 12.2. The van der Waals surface area contributed by atoms with Gasteiger partial charge in [0.2, 0.25) is 0 Å². The molecule has 0 amide bonds. The van der Waals surface area contributed by atoms with Crippen molar-refractivity contribution in [3.05, 3.63) is 0 Å². The zero-order chi connectivity index (χ0) is 12.9. The molecule has 1 unspecified atom stereocenters. The Labute approximate surface area is 100.0 Å². The maximum Gasteiger partial charge on any atom is 0.401 e. The fraction of sp³-hybridized carbons (Fsp3) is 1.00. The lowest BCUT2D eigenvalue weighted by molar-refractivity contribution is -0.148. The molecule has 0 aromatic carbocycles. The Balaban J connectivity index is 2.26. The number of alkyl halides is 3. The SMILES string of the molecule is CCC(CO)NC1CCN(CC(F)(F)F)CC1. The minimum atomic E-state index is -4.10. The molecule has 17 heavy (non-hydrogen) atoms. The maximum atomic E-state index is 12.2. The number of hydrogen-bond acceptors (Lipinski definition) is 3. The van der Waals surface area contributed by atoms with Gasteiger partial charge in [-0.1, -0.05) is 6.92 Å². The van der Waals surface area contributed by atoms with Crippen molar-refractivity contribution < 1.29 is 18.3 Å². The normalized spacial score (nSPS) is 21.7. The van der Waals surface area contributed by atoms with E-state index in [-0.39, 0.29) is 18.7 Å². The number of aliphatic hydroxyl groups is 1. The molecule has 1 rings (SSSR count). The van der Waals surface area contributed by atoms with Gasteiger partial charge in [0.15, 0.2) is 0 Å². The highest BCUT2D eigenvalue weighted by Crippen LogP contribution is 2.20. The van der Waals surface area contributed by atoms with Gasteiger partial charge in [-0.25, -0.2) is 0 Å². The Morgan fingerprint density at radius 3 is 2.35 bits per heavy atom. The van der Waals surface area contributed by atoms with Crippen molar-refractivity contribution in [2.45, 2.75) is 44.4 Å². The van der Waals surface area contributed by atoms with Crippen LogP contribution in [0.4, 0.5) is 13.2 Å². The van der Waals surface area contributed by atoms with Gasteiger partial charge in [-0.3, -0.25) is 4.90 Å². The predicted molar refractivity (Wildman–Crippen MR) is 59.8 cm³/mol. The van der Waals surface area contributed by atoms with Gasteiger partial charge in [-0.15, -0.1) is 0 Å². The summed E-state index contributed by atoms with van der Waals surface area (Å²) in [5.41, 5.74) is 0. The van der Waals surface area contributed by atoms with Crippen LogP contribution in [-0.2, 0) is 0 Å².